The van der Waals surface area contributed by atoms with Gasteiger partial charge < -0.3 is 5.11 Å². The van der Waals surface area contributed by atoms with Crippen molar-refractivity contribution < 1.29 is 13.5 Å². The fourth-order valence-electron chi connectivity index (χ4n) is 1.93. The second-order valence-corrected chi connectivity index (χ2v) is 8.30. The summed E-state index contributed by atoms with van der Waals surface area (Å²) in [4.78, 5) is 0. The lowest BCUT2D eigenvalue weighted by molar-refractivity contribution is 0.254. The van der Waals surface area contributed by atoms with E-state index in [1.165, 1.54) is 10.4 Å². The predicted octanol–water partition coefficient (Wildman–Crippen LogP) is 2.63. The summed E-state index contributed by atoms with van der Waals surface area (Å²) in [5.74, 6) is 0. The quantitative estimate of drug-likeness (QED) is 0.839. The Kier molecular flexibility index (Phi) is 5.78. The van der Waals surface area contributed by atoms with Crippen molar-refractivity contribution >= 4 is 33.0 Å². The summed E-state index contributed by atoms with van der Waals surface area (Å²) in [6, 6.07) is 12.7. The van der Waals surface area contributed by atoms with Crippen molar-refractivity contribution in [1.29, 1.82) is 0 Å². The molecule has 0 aliphatic carbocycles. The second-order valence-electron chi connectivity index (χ2n) is 4.42. The van der Waals surface area contributed by atoms with Crippen LogP contribution in [0.2, 0.25) is 4.34 Å². The second kappa shape index (κ2) is 7.38. The van der Waals surface area contributed by atoms with Crippen molar-refractivity contribution in [3.05, 3.63) is 52.4 Å². The zero-order valence-electron chi connectivity index (χ0n) is 11.3. The number of nitrogens with zero attached hydrogens (tertiary/aromatic N) is 1. The summed E-state index contributed by atoms with van der Waals surface area (Å²) in [6.45, 7) is 0.181. The van der Waals surface area contributed by atoms with Gasteiger partial charge in [0.25, 0.3) is 10.0 Å². The molecule has 0 aliphatic heterocycles. The van der Waals surface area contributed by atoms with Gasteiger partial charge in [-0.3, -0.25) is 0 Å². The molecular weight excluding hydrogens is 330 g/mol. The molecule has 0 amide bonds. The van der Waals surface area contributed by atoms with E-state index in [1.807, 2.05) is 30.3 Å². The molecule has 0 atom stereocenters. The molecule has 7 heteroatoms. The van der Waals surface area contributed by atoms with Gasteiger partial charge in [0.15, 0.2) is 0 Å². The molecule has 0 radical (unpaired) electrons. The molecule has 4 nitrogen and oxygen atoms in total. The number of benzene rings is 1. The SMILES string of the molecule is O=S(=O)(c1ccc(Cl)s1)N(CCO)CCc1ccccc1. The average molecular weight is 346 g/mol. The lowest BCUT2D eigenvalue weighted by Gasteiger charge is -2.20. The van der Waals surface area contributed by atoms with Gasteiger partial charge >= 0.3 is 0 Å². The van der Waals surface area contributed by atoms with Gasteiger partial charge in [0.2, 0.25) is 0 Å². The number of aliphatic hydroxyl groups is 1. The Labute approximate surface area is 133 Å². The number of hydrogen-bond donors (Lipinski definition) is 1. The first-order chi connectivity index (χ1) is 10.0. The van der Waals surface area contributed by atoms with E-state index in [1.54, 1.807) is 6.07 Å². The van der Waals surface area contributed by atoms with Crippen molar-refractivity contribution in [3.8, 4) is 0 Å². The lowest BCUT2D eigenvalue weighted by atomic mass is 10.1. The van der Waals surface area contributed by atoms with Crippen molar-refractivity contribution in [2.24, 2.45) is 0 Å². The van der Waals surface area contributed by atoms with Crippen LogP contribution >= 0.6 is 22.9 Å². The molecule has 21 heavy (non-hydrogen) atoms. The van der Waals surface area contributed by atoms with Gasteiger partial charge in [-0.2, -0.15) is 4.31 Å². The highest BCUT2D eigenvalue weighted by Crippen LogP contribution is 2.28. The Morgan fingerprint density at radius 2 is 1.81 bits per heavy atom. The molecule has 2 aromatic rings. The first kappa shape index (κ1) is 16.5. The Hall–Kier alpha value is -0.920. The number of aliphatic hydroxyl groups excluding tert-OH is 1. The molecule has 2 rings (SSSR count). The van der Waals surface area contributed by atoms with Crippen LogP contribution in [-0.2, 0) is 16.4 Å². The highest BCUT2D eigenvalue weighted by atomic mass is 35.5. The number of thiophene rings is 1. The van der Waals surface area contributed by atoms with Gasteiger partial charge in [-0.15, -0.1) is 11.3 Å². The van der Waals surface area contributed by atoms with Crippen LogP contribution in [0.5, 0.6) is 0 Å². The van der Waals surface area contributed by atoms with Crippen LogP contribution in [0.4, 0.5) is 0 Å². The third-order valence-electron chi connectivity index (χ3n) is 2.98. The summed E-state index contributed by atoms with van der Waals surface area (Å²) in [5, 5.41) is 9.12. The molecule has 1 aromatic carbocycles. The van der Waals surface area contributed by atoms with Gasteiger partial charge in [-0.1, -0.05) is 41.9 Å². The first-order valence-corrected chi connectivity index (χ1v) is 9.08. The van der Waals surface area contributed by atoms with Gasteiger partial charge in [-0.05, 0) is 24.1 Å². The largest absolute Gasteiger partial charge is 0.395 e. The van der Waals surface area contributed by atoms with Crippen LogP contribution in [0.15, 0.2) is 46.7 Å². The van der Waals surface area contributed by atoms with Gasteiger partial charge in [0.1, 0.15) is 4.21 Å². The van der Waals surface area contributed by atoms with Crippen LogP contribution < -0.4 is 0 Å². The summed E-state index contributed by atoms with van der Waals surface area (Å²) in [5.41, 5.74) is 1.06. The topological polar surface area (TPSA) is 57.6 Å². The molecule has 0 aliphatic rings. The fraction of sp³-hybridized carbons (Fsp3) is 0.286. The molecule has 0 saturated carbocycles. The van der Waals surface area contributed by atoms with Crippen LogP contribution in [0.3, 0.4) is 0 Å². The average Bonchev–Trinajstić information content (AvgIpc) is 2.92. The van der Waals surface area contributed by atoms with E-state index >= 15 is 0 Å². The minimum Gasteiger partial charge on any atom is -0.395 e. The molecule has 0 fully saturated rings. The monoisotopic (exact) mass is 345 g/mol. The van der Waals surface area contributed by atoms with E-state index < -0.39 is 10.0 Å². The third kappa shape index (κ3) is 4.28. The first-order valence-electron chi connectivity index (χ1n) is 6.44. The standard InChI is InChI=1S/C14H16ClNO3S2/c15-13-6-7-14(20-13)21(18,19)16(10-11-17)9-8-12-4-2-1-3-5-12/h1-7,17H,8-11H2. The van der Waals surface area contributed by atoms with Crippen molar-refractivity contribution in [1.82, 2.24) is 4.31 Å². The molecule has 0 bridgehead atoms. The van der Waals surface area contributed by atoms with Crippen molar-refractivity contribution in [3.63, 3.8) is 0 Å². The summed E-state index contributed by atoms with van der Waals surface area (Å²) in [6.07, 6.45) is 0.596. The highest BCUT2D eigenvalue weighted by Gasteiger charge is 2.25. The third-order valence-corrected chi connectivity index (χ3v) is 6.58. The smallest absolute Gasteiger partial charge is 0.252 e. The summed E-state index contributed by atoms with van der Waals surface area (Å²) < 4.78 is 27.0. The van der Waals surface area contributed by atoms with E-state index in [4.69, 9.17) is 16.7 Å². The van der Waals surface area contributed by atoms with Crippen molar-refractivity contribution in [2.75, 3.05) is 19.7 Å². The van der Waals surface area contributed by atoms with Crippen LogP contribution in [0.25, 0.3) is 0 Å². The van der Waals surface area contributed by atoms with E-state index in [9.17, 15) is 8.42 Å². The minimum atomic E-state index is -3.61. The number of sulfonamides is 1. The zero-order valence-corrected chi connectivity index (χ0v) is 13.7. The summed E-state index contributed by atoms with van der Waals surface area (Å²) >= 11 is 6.83. The molecule has 114 valence electrons. The van der Waals surface area contributed by atoms with E-state index in [0.29, 0.717) is 17.3 Å². The van der Waals surface area contributed by atoms with Gasteiger partial charge in [-0.25, -0.2) is 8.42 Å². The lowest BCUT2D eigenvalue weighted by Crippen LogP contribution is -2.34. The normalized spacial score (nSPS) is 12.0. The Balaban J connectivity index is 2.14. The highest BCUT2D eigenvalue weighted by molar-refractivity contribution is 7.91. The molecule has 0 unspecified atom stereocenters. The predicted molar refractivity (Wildman–Crippen MR) is 85.3 cm³/mol. The van der Waals surface area contributed by atoms with Crippen LogP contribution in [-0.4, -0.2) is 37.5 Å². The number of rotatable bonds is 7. The molecule has 1 heterocycles. The van der Waals surface area contributed by atoms with E-state index in [0.717, 1.165) is 16.9 Å². The number of halogens is 1. The maximum Gasteiger partial charge on any atom is 0.252 e. The van der Waals surface area contributed by atoms with E-state index in [2.05, 4.69) is 0 Å². The van der Waals surface area contributed by atoms with Gasteiger partial charge in [0.05, 0.1) is 10.9 Å². The zero-order chi connectivity index (χ0) is 15.3. The molecule has 0 spiro atoms. The maximum absolute atomic E-state index is 12.5. The molecule has 0 saturated heterocycles. The van der Waals surface area contributed by atoms with Crippen LogP contribution in [0.1, 0.15) is 5.56 Å². The van der Waals surface area contributed by atoms with E-state index in [-0.39, 0.29) is 17.4 Å². The number of hydrogen-bond acceptors (Lipinski definition) is 4. The molecule has 1 N–H and O–H groups in total. The van der Waals surface area contributed by atoms with Crippen molar-refractivity contribution in [2.45, 2.75) is 10.6 Å². The minimum absolute atomic E-state index is 0.0741. The Bertz CT molecular complexity index is 671. The Morgan fingerprint density at radius 1 is 1.10 bits per heavy atom. The maximum atomic E-state index is 12.5. The molecule has 1 aromatic heterocycles. The Morgan fingerprint density at radius 3 is 2.38 bits per heavy atom. The van der Waals surface area contributed by atoms with Gasteiger partial charge in [0, 0.05) is 13.1 Å². The molecular formula is C14H16ClNO3S2. The van der Waals surface area contributed by atoms with Crippen LogP contribution in [0, 0.1) is 0 Å². The summed E-state index contributed by atoms with van der Waals surface area (Å²) in [7, 11) is -3.61. The fourth-order valence-corrected chi connectivity index (χ4v) is 4.99.